The van der Waals surface area contributed by atoms with E-state index in [1.807, 2.05) is 66.1 Å². The van der Waals surface area contributed by atoms with E-state index in [9.17, 15) is 4.79 Å². The molecule has 1 N–H and O–H groups in total. The predicted molar refractivity (Wildman–Crippen MR) is 139 cm³/mol. The average molecular weight is 466 g/mol. The Morgan fingerprint density at radius 3 is 2.26 bits per heavy atom. The Morgan fingerprint density at radius 2 is 1.59 bits per heavy atom. The van der Waals surface area contributed by atoms with Crippen molar-refractivity contribution in [2.75, 3.05) is 5.75 Å². The summed E-state index contributed by atoms with van der Waals surface area (Å²) in [5.74, 6) is 0.796. The summed E-state index contributed by atoms with van der Waals surface area (Å²) >= 11 is 1.35. The first-order chi connectivity index (χ1) is 16.7. The fourth-order valence-corrected chi connectivity index (χ4v) is 4.80. The largest absolute Gasteiger partial charge is 0.302 e. The minimum Gasteiger partial charge on any atom is -0.302 e. The Kier molecular flexibility index (Phi) is 6.35. The SMILES string of the molecule is CCn1c(SCC(=O)NN=Cc2c3ccccc3cc3ccccc23)nnc1-c1ccccc1. The summed E-state index contributed by atoms with van der Waals surface area (Å²) in [5, 5.41) is 18.1. The molecule has 1 heterocycles. The van der Waals surface area contributed by atoms with Crippen molar-refractivity contribution >= 4 is 45.4 Å². The van der Waals surface area contributed by atoms with E-state index in [1.165, 1.54) is 11.8 Å². The quantitative estimate of drug-likeness (QED) is 0.149. The smallest absolute Gasteiger partial charge is 0.250 e. The van der Waals surface area contributed by atoms with Crippen LogP contribution in [0, 0.1) is 0 Å². The summed E-state index contributed by atoms with van der Waals surface area (Å²) < 4.78 is 2.01. The van der Waals surface area contributed by atoms with Gasteiger partial charge in [-0.05, 0) is 34.5 Å². The van der Waals surface area contributed by atoms with Crippen LogP contribution in [0.4, 0.5) is 0 Å². The van der Waals surface area contributed by atoms with Crippen LogP contribution in [0.1, 0.15) is 12.5 Å². The van der Waals surface area contributed by atoms with Gasteiger partial charge in [-0.25, -0.2) is 5.43 Å². The van der Waals surface area contributed by atoms with Gasteiger partial charge >= 0.3 is 0 Å². The first-order valence-corrected chi connectivity index (χ1v) is 12.1. The molecular formula is C27H23N5OS. The Balaban J connectivity index is 1.30. The standard InChI is InChI=1S/C27H23N5OS/c1-2-32-26(19-10-4-3-5-11-19)30-31-27(32)34-18-25(33)29-28-17-24-22-14-8-6-12-20(22)16-21-13-7-9-15-23(21)24/h3-17H,2,18H2,1H3,(H,29,33). The molecule has 5 rings (SSSR count). The first kappa shape index (κ1) is 21.9. The lowest BCUT2D eigenvalue weighted by Gasteiger charge is -2.08. The fourth-order valence-electron chi connectivity index (χ4n) is 4.00. The number of rotatable bonds is 7. The van der Waals surface area contributed by atoms with Gasteiger partial charge in [0.1, 0.15) is 0 Å². The van der Waals surface area contributed by atoms with Crippen LogP contribution in [0.25, 0.3) is 32.9 Å². The molecule has 0 atom stereocenters. The number of carbonyl (C=O) groups is 1. The van der Waals surface area contributed by atoms with Gasteiger partial charge in [0.05, 0.1) is 12.0 Å². The highest BCUT2D eigenvalue weighted by molar-refractivity contribution is 7.99. The zero-order chi connectivity index (χ0) is 23.3. The van der Waals surface area contributed by atoms with Gasteiger partial charge < -0.3 is 4.57 Å². The van der Waals surface area contributed by atoms with Crippen molar-refractivity contribution in [1.29, 1.82) is 0 Å². The summed E-state index contributed by atoms with van der Waals surface area (Å²) in [6.45, 7) is 2.76. The lowest BCUT2D eigenvalue weighted by atomic mass is 9.97. The molecule has 0 unspecified atom stereocenters. The molecule has 0 saturated heterocycles. The van der Waals surface area contributed by atoms with Crippen LogP contribution in [0.5, 0.6) is 0 Å². The number of nitrogens with zero attached hydrogens (tertiary/aromatic N) is 4. The number of hydrogen-bond donors (Lipinski definition) is 1. The number of nitrogens with one attached hydrogen (secondary N) is 1. The number of benzene rings is 4. The van der Waals surface area contributed by atoms with E-state index in [4.69, 9.17) is 0 Å². The van der Waals surface area contributed by atoms with Crippen LogP contribution in [-0.4, -0.2) is 32.6 Å². The van der Waals surface area contributed by atoms with Crippen molar-refractivity contribution in [3.8, 4) is 11.4 Å². The Hall–Kier alpha value is -3.97. The van der Waals surface area contributed by atoms with E-state index >= 15 is 0 Å². The van der Waals surface area contributed by atoms with Gasteiger partial charge in [0.15, 0.2) is 11.0 Å². The molecule has 0 aliphatic carbocycles. The van der Waals surface area contributed by atoms with Gasteiger partial charge in [-0.2, -0.15) is 5.10 Å². The Morgan fingerprint density at radius 1 is 0.941 bits per heavy atom. The molecule has 168 valence electrons. The Bertz CT molecular complexity index is 1440. The van der Waals surface area contributed by atoms with Gasteiger partial charge in [-0.15, -0.1) is 10.2 Å². The monoisotopic (exact) mass is 465 g/mol. The van der Waals surface area contributed by atoms with Crippen LogP contribution in [-0.2, 0) is 11.3 Å². The molecule has 0 spiro atoms. The summed E-state index contributed by atoms with van der Waals surface area (Å²) in [6, 6.07) is 28.5. The maximum absolute atomic E-state index is 12.5. The van der Waals surface area contributed by atoms with Crippen molar-refractivity contribution in [2.45, 2.75) is 18.6 Å². The topological polar surface area (TPSA) is 72.2 Å². The highest BCUT2D eigenvalue weighted by Crippen LogP contribution is 2.27. The van der Waals surface area contributed by atoms with Crippen molar-refractivity contribution in [3.05, 3.63) is 90.5 Å². The molecule has 0 fully saturated rings. The fraction of sp³-hybridized carbons (Fsp3) is 0.111. The third kappa shape index (κ3) is 4.43. The molecule has 1 aromatic heterocycles. The molecule has 4 aromatic carbocycles. The van der Waals surface area contributed by atoms with Gasteiger partial charge in [-0.3, -0.25) is 4.79 Å². The third-order valence-corrected chi connectivity index (χ3v) is 6.56. The number of fused-ring (bicyclic) bond motifs is 2. The summed E-state index contributed by atoms with van der Waals surface area (Å²) in [5.41, 5.74) is 4.65. The second-order valence-electron chi connectivity index (χ2n) is 7.73. The van der Waals surface area contributed by atoms with E-state index in [-0.39, 0.29) is 11.7 Å². The number of carbonyl (C=O) groups excluding carboxylic acids is 1. The molecule has 0 radical (unpaired) electrons. The van der Waals surface area contributed by atoms with E-state index in [0.29, 0.717) is 11.7 Å². The number of hydrogen-bond acceptors (Lipinski definition) is 5. The molecule has 0 aliphatic heterocycles. The molecule has 1 amide bonds. The number of amides is 1. The van der Waals surface area contributed by atoms with Crippen LogP contribution in [0.3, 0.4) is 0 Å². The number of thioether (sulfide) groups is 1. The van der Waals surface area contributed by atoms with E-state index in [1.54, 1.807) is 6.21 Å². The van der Waals surface area contributed by atoms with Crippen molar-refractivity contribution in [3.63, 3.8) is 0 Å². The minimum absolute atomic E-state index is 0.195. The normalized spacial score (nSPS) is 11.4. The van der Waals surface area contributed by atoms with E-state index in [0.717, 1.165) is 38.5 Å². The van der Waals surface area contributed by atoms with Crippen molar-refractivity contribution in [2.24, 2.45) is 5.10 Å². The number of aromatic nitrogens is 3. The van der Waals surface area contributed by atoms with Gasteiger partial charge in [-0.1, -0.05) is 90.6 Å². The average Bonchev–Trinajstić information content (AvgIpc) is 3.30. The summed E-state index contributed by atoms with van der Waals surface area (Å²) in [6.07, 6.45) is 1.73. The predicted octanol–water partition coefficient (Wildman–Crippen LogP) is 5.51. The van der Waals surface area contributed by atoms with Gasteiger partial charge in [0.2, 0.25) is 0 Å². The summed E-state index contributed by atoms with van der Waals surface area (Å²) in [7, 11) is 0. The van der Waals surface area contributed by atoms with Crippen LogP contribution in [0.15, 0.2) is 95.2 Å². The van der Waals surface area contributed by atoms with Gasteiger partial charge in [0, 0.05) is 17.7 Å². The maximum Gasteiger partial charge on any atom is 0.250 e. The Labute approximate surface area is 201 Å². The zero-order valence-corrected chi connectivity index (χ0v) is 19.5. The lowest BCUT2D eigenvalue weighted by molar-refractivity contribution is -0.118. The highest BCUT2D eigenvalue weighted by atomic mass is 32.2. The number of hydrazone groups is 1. The molecule has 34 heavy (non-hydrogen) atoms. The highest BCUT2D eigenvalue weighted by Gasteiger charge is 2.14. The zero-order valence-electron chi connectivity index (χ0n) is 18.7. The van der Waals surface area contributed by atoms with Crippen LogP contribution >= 0.6 is 11.8 Å². The molecule has 7 heteroatoms. The molecule has 0 aliphatic rings. The summed E-state index contributed by atoms with van der Waals surface area (Å²) in [4.78, 5) is 12.5. The minimum atomic E-state index is -0.197. The van der Waals surface area contributed by atoms with Gasteiger partial charge in [0.25, 0.3) is 5.91 Å². The first-order valence-electron chi connectivity index (χ1n) is 11.1. The van der Waals surface area contributed by atoms with Crippen molar-refractivity contribution < 1.29 is 4.79 Å². The third-order valence-electron chi connectivity index (χ3n) is 5.59. The molecule has 5 aromatic rings. The van der Waals surface area contributed by atoms with Crippen molar-refractivity contribution in [1.82, 2.24) is 20.2 Å². The molecular weight excluding hydrogens is 442 g/mol. The van der Waals surface area contributed by atoms with Crippen LogP contribution < -0.4 is 5.43 Å². The van der Waals surface area contributed by atoms with Crippen LogP contribution in [0.2, 0.25) is 0 Å². The lowest BCUT2D eigenvalue weighted by Crippen LogP contribution is -2.20. The molecule has 0 saturated carbocycles. The van der Waals surface area contributed by atoms with E-state index in [2.05, 4.69) is 51.1 Å². The molecule has 6 nitrogen and oxygen atoms in total. The second-order valence-corrected chi connectivity index (χ2v) is 8.67. The second kappa shape index (κ2) is 9.89. The van der Waals surface area contributed by atoms with E-state index < -0.39 is 0 Å². The molecule has 0 bridgehead atoms. The maximum atomic E-state index is 12.5.